The molecule has 0 nitrogen and oxygen atoms in total. The van der Waals surface area contributed by atoms with E-state index in [2.05, 4.69) is 5.92 Å². The minimum absolute atomic E-state index is 0.247. The van der Waals surface area contributed by atoms with E-state index in [9.17, 15) is 4.39 Å². The van der Waals surface area contributed by atoms with E-state index in [1.54, 1.807) is 0 Å². The van der Waals surface area contributed by atoms with Gasteiger partial charge in [-0.2, -0.15) is 0 Å². The lowest BCUT2D eigenvalue weighted by atomic mass is 9.89. The van der Waals surface area contributed by atoms with Crippen molar-refractivity contribution in [2.45, 2.75) is 31.9 Å². The quantitative estimate of drug-likeness (QED) is 0.435. The molecule has 9 heavy (non-hydrogen) atoms. The Labute approximate surface area is 55.5 Å². The first kappa shape index (κ1) is 6.61. The van der Waals surface area contributed by atoms with Crippen molar-refractivity contribution < 1.29 is 4.39 Å². The molecule has 1 heteroatoms. The van der Waals surface area contributed by atoms with Crippen molar-refractivity contribution >= 4 is 0 Å². The first-order valence-corrected chi connectivity index (χ1v) is 3.39. The molecule has 0 spiro atoms. The Kier molecular flexibility index (Phi) is 2.10. The minimum Gasteiger partial charge on any atom is -0.247 e. The van der Waals surface area contributed by atoms with Gasteiger partial charge in [0.1, 0.15) is 6.17 Å². The summed E-state index contributed by atoms with van der Waals surface area (Å²) in [4.78, 5) is 0. The van der Waals surface area contributed by atoms with Gasteiger partial charge in [-0.15, -0.1) is 0 Å². The van der Waals surface area contributed by atoms with E-state index in [0.717, 1.165) is 12.8 Å². The fraction of sp³-hybridized carbons (Fsp3) is 0.750. The SMILES string of the molecule is [C]#CC1CCC(F)CC1. The van der Waals surface area contributed by atoms with Gasteiger partial charge in [0.2, 0.25) is 0 Å². The molecule has 1 aliphatic carbocycles. The van der Waals surface area contributed by atoms with Gasteiger partial charge in [-0.05, 0) is 32.1 Å². The molecule has 1 saturated carbocycles. The average molecular weight is 125 g/mol. The normalized spacial score (nSPS) is 35.6. The summed E-state index contributed by atoms with van der Waals surface area (Å²) in [6.07, 6.45) is 9.11. The Bertz CT molecular complexity index is 115. The van der Waals surface area contributed by atoms with Crippen LogP contribution < -0.4 is 0 Å². The van der Waals surface area contributed by atoms with Crippen LogP contribution in [-0.2, 0) is 0 Å². The molecular formula is C8H10F. The first-order chi connectivity index (χ1) is 4.33. The van der Waals surface area contributed by atoms with E-state index in [1.165, 1.54) is 0 Å². The molecule has 0 aromatic rings. The van der Waals surface area contributed by atoms with Gasteiger partial charge >= 0.3 is 0 Å². The van der Waals surface area contributed by atoms with Crippen molar-refractivity contribution in [1.29, 1.82) is 0 Å². The number of alkyl halides is 1. The van der Waals surface area contributed by atoms with Gasteiger partial charge in [-0.1, -0.05) is 5.92 Å². The van der Waals surface area contributed by atoms with Crippen molar-refractivity contribution in [3.05, 3.63) is 6.42 Å². The van der Waals surface area contributed by atoms with E-state index in [1.807, 2.05) is 0 Å². The molecule has 0 aliphatic heterocycles. The predicted molar refractivity (Wildman–Crippen MR) is 34.0 cm³/mol. The molecule has 0 saturated heterocycles. The van der Waals surface area contributed by atoms with Crippen molar-refractivity contribution in [3.63, 3.8) is 0 Å². The first-order valence-electron chi connectivity index (χ1n) is 3.39. The number of rotatable bonds is 0. The molecule has 1 aliphatic rings. The number of hydrogen-bond donors (Lipinski definition) is 0. The Balaban J connectivity index is 2.28. The third-order valence-corrected chi connectivity index (χ3v) is 1.86. The van der Waals surface area contributed by atoms with Gasteiger partial charge in [0.05, 0.1) is 0 Å². The lowest BCUT2D eigenvalue weighted by molar-refractivity contribution is 0.229. The van der Waals surface area contributed by atoms with Crippen LogP contribution in [0.1, 0.15) is 25.7 Å². The second-order valence-corrected chi connectivity index (χ2v) is 2.59. The van der Waals surface area contributed by atoms with Crippen molar-refractivity contribution in [3.8, 4) is 5.92 Å². The fourth-order valence-corrected chi connectivity index (χ4v) is 1.20. The van der Waals surface area contributed by atoms with Crippen LogP contribution in [0.25, 0.3) is 0 Å². The predicted octanol–water partition coefficient (Wildman–Crippen LogP) is 2.10. The van der Waals surface area contributed by atoms with Crippen LogP contribution in [0.4, 0.5) is 4.39 Å². The van der Waals surface area contributed by atoms with Gasteiger partial charge in [-0.25, -0.2) is 4.39 Å². The standard InChI is InChI=1S/C8H10F/c1-2-7-3-5-8(9)6-4-7/h7-8H,3-6H2. The van der Waals surface area contributed by atoms with Gasteiger partial charge in [0.15, 0.2) is 0 Å². The summed E-state index contributed by atoms with van der Waals surface area (Å²) in [5, 5.41) is 0. The molecule has 0 unspecified atom stereocenters. The highest BCUT2D eigenvalue weighted by molar-refractivity contribution is 4.90. The van der Waals surface area contributed by atoms with Crippen LogP contribution in [0.3, 0.4) is 0 Å². The third-order valence-electron chi connectivity index (χ3n) is 1.86. The third kappa shape index (κ3) is 1.71. The maximum Gasteiger partial charge on any atom is 0.100 e. The summed E-state index contributed by atoms with van der Waals surface area (Å²) < 4.78 is 12.4. The van der Waals surface area contributed by atoms with Crippen molar-refractivity contribution in [1.82, 2.24) is 0 Å². The molecule has 49 valence electrons. The second-order valence-electron chi connectivity index (χ2n) is 2.59. The van der Waals surface area contributed by atoms with E-state index in [0.29, 0.717) is 12.8 Å². The van der Waals surface area contributed by atoms with Gasteiger partial charge < -0.3 is 0 Å². The van der Waals surface area contributed by atoms with Crippen LogP contribution in [0.5, 0.6) is 0 Å². The molecule has 0 aromatic heterocycles. The van der Waals surface area contributed by atoms with Gasteiger partial charge in [0.25, 0.3) is 0 Å². The van der Waals surface area contributed by atoms with Crippen LogP contribution in [0.15, 0.2) is 0 Å². The summed E-state index contributed by atoms with van der Waals surface area (Å²) in [5.41, 5.74) is 0. The highest BCUT2D eigenvalue weighted by Crippen LogP contribution is 2.25. The van der Waals surface area contributed by atoms with Crippen LogP contribution in [0, 0.1) is 18.3 Å². The smallest absolute Gasteiger partial charge is 0.100 e. The van der Waals surface area contributed by atoms with Crippen LogP contribution in [-0.4, -0.2) is 6.17 Å². The maximum absolute atomic E-state index is 12.4. The number of hydrogen-bond acceptors (Lipinski definition) is 0. The lowest BCUT2D eigenvalue weighted by Crippen LogP contribution is -2.13. The zero-order valence-corrected chi connectivity index (χ0v) is 5.36. The summed E-state index contributed by atoms with van der Waals surface area (Å²) in [6, 6.07) is 0. The monoisotopic (exact) mass is 125 g/mol. The van der Waals surface area contributed by atoms with E-state index >= 15 is 0 Å². The fourth-order valence-electron chi connectivity index (χ4n) is 1.20. The molecule has 0 aromatic carbocycles. The summed E-state index contributed by atoms with van der Waals surface area (Å²) in [5.74, 6) is 2.65. The van der Waals surface area contributed by atoms with Crippen LogP contribution in [0.2, 0.25) is 0 Å². The lowest BCUT2D eigenvalue weighted by Gasteiger charge is -2.18. The second kappa shape index (κ2) is 2.87. The summed E-state index contributed by atoms with van der Waals surface area (Å²) >= 11 is 0. The maximum atomic E-state index is 12.4. The summed E-state index contributed by atoms with van der Waals surface area (Å²) in [6.45, 7) is 0. The van der Waals surface area contributed by atoms with E-state index < -0.39 is 6.17 Å². The Morgan fingerprint density at radius 1 is 1.22 bits per heavy atom. The van der Waals surface area contributed by atoms with Crippen LogP contribution >= 0.6 is 0 Å². The number of halogens is 1. The molecule has 1 rings (SSSR count). The molecule has 1 fully saturated rings. The van der Waals surface area contributed by atoms with Crippen molar-refractivity contribution in [2.75, 3.05) is 0 Å². The highest BCUT2D eigenvalue weighted by Gasteiger charge is 2.18. The molecule has 0 amide bonds. The van der Waals surface area contributed by atoms with E-state index in [4.69, 9.17) is 6.42 Å². The molecule has 0 N–H and O–H groups in total. The molecular weight excluding hydrogens is 115 g/mol. The zero-order chi connectivity index (χ0) is 6.69. The van der Waals surface area contributed by atoms with Gasteiger partial charge in [-0.3, -0.25) is 0 Å². The Morgan fingerprint density at radius 2 is 1.78 bits per heavy atom. The Morgan fingerprint density at radius 3 is 2.22 bits per heavy atom. The molecule has 0 heterocycles. The largest absolute Gasteiger partial charge is 0.247 e. The summed E-state index contributed by atoms with van der Waals surface area (Å²) in [7, 11) is 0. The molecule has 1 radical (unpaired) electrons. The Hall–Kier alpha value is -0.510. The minimum atomic E-state index is -0.602. The van der Waals surface area contributed by atoms with Crippen molar-refractivity contribution in [2.24, 2.45) is 5.92 Å². The zero-order valence-electron chi connectivity index (χ0n) is 5.36. The topological polar surface area (TPSA) is 0 Å². The highest BCUT2D eigenvalue weighted by atomic mass is 19.1. The molecule has 0 bridgehead atoms. The average Bonchev–Trinajstić information content (AvgIpc) is 1.90. The van der Waals surface area contributed by atoms with E-state index in [-0.39, 0.29) is 5.92 Å². The van der Waals surface area contributed by atoms with Gasteiger partial charge in [0, 0.05) is 5.92 Å². The molecule has 0 atom stereocenters.